The van der Waals surface area contributed by atoms with Crippen LogP contribution in [-0.4, -0.2) is 12.6 Å². The average molecular weight is 238 g/mol. The molecule has 0 aliphatic heterocycles. The maximum atomic E-state index is 11.7. The SMILES string of the molecule is CCCCOC(=O)CC1CC2CC1C(C)C2C. The Kier molecular flexibility index (Phi) is 4.11. The molecule has 0 saturated heterocycles. The topological polar surface area (TPSA) is 26.3 Å². The summed E-state index contributed by atoms with van der Waals surface area (Å²) in [6, 6.07) is 0. The molecule has 5 atom stereocenters. The van der Waals surface area contributed by atoms with E-state index in [1.165, 1.54) is 12.8 Å². The Hall–Kier alpha value is -0.530. The van der Waals surface area contributed by atoms with Crippen molar-refractivity contribution >= 4 is 5.97 Å². The molecule has 5 unspecified atom stereocenters. The van der Waals surface area contributed by atoms with Gasteiger partial charge in [-0.05, 0) is 48.9 Å². The van der Waals surface area contributed by atoms with E-state index < -0.39 is 0 Å². The number of hydrogen-bond acceptors (Lipinski definition) is 2. The highest BCUT2D eigenvalue weighted by Crippen LogP contribution is 2.55. The maximum absolute atomic E-state index is 11.7. The van der Waals surface area contributed by atoms with E-state index in [-0.39, 0.29) is 5.97 Å². The third-order valence-corrected chi connectivity index (χ3v) is 5.22. The lowest BCUT2D eigenvalue weighted by atomic mass is 9.74. The molecule has 2 aliphatic rings. The molecule has 2 bridgehead atoms. The normalized spacial score (nSPS) is 39.6. The van der Waals surface area contributed by atoms with Crippen molar-refractivity contribution < 1.29 is 9.53 Å². The van der Waals surface area contributed by atoms with Gasteiger partial charge in [-0.1, -0.05) is 27.2 Å². The molecule has 2 nitrogen and oxygen atoms in total. The van der Waals surface area contributed by atoms with E-state index in [4.69, 9.17) is 4.74 Å². The fourth-order valence-electron chi connectivity index (χ4n) is 3.93. The lowest BCUT2D eigenvalue weighted by Gasteiger charge is -2.31. The minimum absolute atomic E-state index is 0.0378. The van der Waals surface area contributed by atoms with Gasteiger partial charge in [-0.2, -0.15) is 0 Å². The molecule has 0 spiro atoms. The van der Waals surface area contributed by atoms with Gasteiger partial charge in [0.05, 0.1) is 6.61 Å². The van der Waals surface area contributed by atoms with E-state index in [9.17, 15) is 4.79 Å². The quantitative estimate of drug-likeness (QED) is 0.540. The van der Waals surface area contributed by atoms with Gasteiger partial charge in [0.25, 0.3) is 0 Å². The molecule has 2 heteroatoms. The minimum atomic E-state index is 0.0378. The van der Waals surface area contributed by atoms with Crippen LogP contribution in [0.1, 0.15) is 52.9 Å². The van der Waals surface area contributed by atoms with Crippen molar-refractivity contribution in [2.24, 2.45) is 29.6 Å². The number of carbonyl (C=O) groups excluding carboxylic acids is 1. The number of fused-ring (bicyclic) bond motifs is 2. The molecular weight excluding hydrogens is 212 g/mol. The summed E-state index contributed by atoms with van der Waals surface area (Å²) in [5, 5.41) is 0. The van der Waals surface area contributed by atoms with Gasteiger partial charge in [0.15, 0.2) is 0 Å². The van der Waals surface area contributed by atoms with Gasteiger partial charge < -0.3 is 4.74 Å². The molecule has 98 valence electrons. The largest absolute Gasteiger partial charge is 0.466 e. The Bertz CT molecular complexity index is 272. The summed E-state index contributed by atoms with van der Waals surface area (Å²) in [4.78, 5) is 11.7. The second-order valence-corrected chi connectivity index (χ2v) is 6.15. The first-order chi connectivity index (χ1) is 8.13. The molecule has 17 heavy (non-hydrogen) atoms. The van der Waals surface area contributed by atoms with Gasteiger partial charge in [-0.15, -0.1) is 0 Å². The number of carbonyl (C=O) groups is 1. The van der Waals surface area contributed by atoms with Crippen LogP contribution < -0.4 is 0 Å². The smallest absolute Gasteiger partial charge is 0.306 e. The third-order valence-electron chi connectivity index (χ3n) is 5.22. The number of ether oxygens (including phenoxy) is 1. The Morgan fingerprint density at radius 1 is 1.24 bits per heavy atom. The van der Waals surface area contributed by atoms with Crippen molar-refractivity contribution in [3.05, 3.63) is 0 Å². The third kappa shape index (κ3) is 2.66. The van der Waals surface area contributed by atoms with Gasteiger partial charge in [-0.25, -0.2) is 0 Å². The van der Waals surface area contributed by atoms with E-state index >= 15 is 0 Å². The van der Waals surface area contributed by atoms with Crippen molar-refractivity contribution in [2.45, 2.75) is 52.9 Å². The standard InChI is InChI=1S/C15H26O2/c1-4-5-6-17-15(16)9-13-7-12-8-14(13)11(3)10(12)2/h10-14H,4-9H2,1-3H3. The van der Waals surface area contributed by atoms with Gasteiger partial charge in [0.1, 0.15) is 0 Å². The predicted octanol–water partition coefficient (Wildman–Crippen LogP) is 3.65. The summed E-state index contributed by atoms with van der Waals surface area (Å²) in [5.74, 6) is 3.99. The zero-order valence-electron chi connectivity index (χ0n) is 11.4. The van der Waals surface area contributed by atoms with Crippen LogP contribution >= 0.6 is 0 Å². The summed E-state index contributed by atoms with van der Waals surface area (Å²) in [6.45, 7) is 7.48. The molecule has 2 fully saturated rings. The average Bonchev–Trinajstić information content (AvgIpc) is 2.81. The molecule has 0 N–H and O–H groups in total. The fraction of sp³-hybridized carbons (Fsp3) is 0.933. The molecule has 0 radical (unpaired) electrons. The highest BCUT2D eigenvalue weighted by molar-refractivity contribution is 5.69. The first-order valence-electron chi connectivity index (χ1n) is 7.29. The van der Waals surface area contributed by atoms with E-state index in [2.05, 4.69) is 20.8 Å². The van der Waals surface area contributed by atoms with Crippen LogP contribution in [0.5, 0.6) is 0 Å². The van der Waals surface area contributed by atoms with Crippen molar-refractivity contribution in [3.63, 3.8) is 0 Å². The number of unbranched alkanes of at least 4 members (excludes halogenated alkanes) is 1. The van der Waals surface area contributed by atoms with Gasteiger partial charge >= 0.3 is 5.97 Å². The number of esters is 1. The number of hydrogen-bond donors (Lipinski definition) is 0. The van der Waals surface area contributed by atoms with Crippen LogP contribution in [0.3, 0.4) is 0 Å². The first-order valence-corrected chi connectivity index (χ1v) is 7.29. The lowest BCUT2D eigenvalue weighted by molar-refractivity contribution is -0.145. The molecule has 0 amide bonds. The van der Waals surface area contributed by atoms with Crippen LogP contribution in [0.2, 0.25) is 0 Å². The van der Waals surface area contributed by atoms with Crippen LogP contribution in [0.4, 0.5) is 0 Å². The fourth-order valence-corrected chi connectivity index (χ4v) is 3.93. The summed E-state index contributed by atoms with van der Waals surface area (Å²) in [5.41, 5.74) is 0. The van der Waals surface area contributed by atoms with Gasteiger partial charge in [-0.3, -0.25) is 4.79 Å². The molecule has 0 aromatic heterocycles. The summed E-state index contributed by atoms with van der Waals surface area (Å²) in [6.07, 6.45) is 5.38. The monoisotopic (exact) mass is 238 g/mol. The van der Waals surface area contributed by atoms with E-state index in [0.29, 0.717) is 18.9 Å². The van der Waals surface area contributed by atoms with E-state index in [1.807, 2.05) is 0 Å². The van der Waals surface area contributed by atoms with E-state index in [1.54, 1.807) is 0 Å². The van der Waals surface area contributed by atoms with E-state index in [0.717, 1.165) is 36.5 Å². The summed E-state index contributed by atoms with van der Waals surface area (Å²) in [7, 11) is 0. The lowest BCUT2D eigenvalue weighted by Crippen LogP contribution is -2.26. The predicted molar refractivity (Wildman–Crippen MR) is 68.5 cm³/mol. The van der Waals surface area contributed by atoms with Gasteiger partial charge in [0.2, 0.25) is 0 Å². The van der Waals surface area contributed by atoms with Gasteiger partial charge in [0, 0.05) is 6.42 Å². The van der Waals surface area contributed by atoms with Crippen molar-refractivity contribution in [1.29, 1.82) is 0 Å². The Morgan fingerprint density at radius 2 is 2.00 bits per heavy atom. The molecule has 2 saturated carbocycles. The molecule has 0 aromatic carbocycles. The highest BCUT2D eigenvalue weighted by atomic mass is 16.5. The Balaban J connectivity index is 1.76. The highest BCUT2D eigenvalue weighted by Gasteiger charge is 2.48. The Labute approximate surface area is 105 Å². The molecule has 2 rings (SSSR count). The number of rotatable bonds is 5. The maximum Gasteiger partial charge on any atom is 0.306 e. The second-order valence-electron chi connectivity index (χ2n) is 6.15. The molecule has 0 heterocycles. The zero-order valence-corrected chi connectivity index (χ0v) is 11.4. The minimum Gasteiger partial charge on any atom is -0.466 e. The van der Waals surface area contributed by atoms with Crippen molar-refractivity contribution in [1.82, 2.24) is 0 Å². The van der Waals surface area contributed by atoms with Crippen LogP contribution in [0.15, 0.2) is 0 Å². The second kappa shape index (κ2) is 5.41. The molecule has 2 aliphatic carbocycles. The summed E-state index contributed by atoms with van der Waals surface area (Å²) < 4.78 is 5.28. The van der Waals surface area contributed by atoms with Crippen molar-refractivity contribution in [2.75, 3.05) is 6.61 Å². The zero-order chi connectivity index (χ0) is 12.4. The van der Waals surface area contributed by atoms with Crippen LogP contribution in [-0.2, 0) is 9.53 Å². The molecular formula is C15H26O2. The van der Waals surface area contributed by atoms with Crippen molar-refractivity contribution in [3.8, 4) is 0 Å². The van der Waals surface area contributed by atoms with Crippen LogP contribution in [0, 0.1) is 29.6 Å². The first kappa shape index (κ1) is 12.9. The van der Waals surface area contributed by atoms with Crippen LogP contribution in [0.25, 0.3) is 0 Å². The Morgan fingerprint density at radius 3 is 2.59 bits per heavy atom. The summed E-state index contributed by atoms with van der Waals surface area (Å²) >= 11 is 0. The molecule has 0 aromatic rings.